The molecule has 1 aromatic carbocycles. The van der Waals surface area contributed by atoms with Crippen molar-refractivity contribution in [2.75, 3.05) is 6.61 Å². The summed E-state index contributed by atoms with van der Waals surface area (Å²) in [5.41, 5.74) is 0.884. The smallest absolute Gasteiger partial charge is 0.422 e. The summed E-state index contributed by atoms with van der Waals surface area (Å²) in [5.74, 6) is 1.28. The van der Waals surface area contributed by atoms with Gasteiger partial charge in [-0.1, -0.05) is 26.0 Å². The van der Waals surface area contributed by atoms with Crippen molar-refractivity contribution < 1.29 is 17.9 Å². The topological polar surface area (TPSA) is 9.23 Å². The van der Waals surface area contributed by atoms with Crippen LogP contribution in [-0.4, -0.2) is 12.8 Å². The molecule has 0 aliphatic rings. The molecule has 0 amide bonds. The zero-order chi connectivity index (χ0) is 11.5. The van der Waals surface area contributed by atoms with E-state index in [9.17, 15) is 13.2 Å². The molecular weight excluding hydrogens is 205 g/mol. The van der Waals surface area contributed by atoms with Gasteiger partial charge in [0.05, 0.1) is 0 Å². The first-order valence-corrected chi connectivity index (χ1v) is 4.48. The van der Waals surface area contributed by atoms with Crippen LogP contribution in [0.1, 0.15) is 19.4 Å². The lowest BCUT2D eigenvalue weighted by molar-refractivity contribution is -0.153. The standard InChI is InChI=1S/C11H12F3O/c1-8(2)9-4-3-5-10(6-9)15-7-11(12,13)14/h3-6H,7H2,1-2H3. The summed E-state index contributed by atoms with van der Waals surface area (Å²) in [6.45, 7) is 2.53. The van der Waals surface area contributed by atoms with E-state index in [4.69, 9.17) is 0 Å². The molecule has 1 radical (unpaired) electrons. The van der Waals surface area contributed by atoms with Crippen LogP contribution in [0.5, 0.6) is 5.75 Å². The number of ether oxygens (including phenoxy) is 1. The van der Waals surface area contributed by atoms with Crippen LogP contribution in [0, 0.1) is 5.92 Å². The Labute approximate surface area is 86.9 Å². The lowest BCUT2D eigenvalue weighted by atomic mass is 10.0. The van der Waals surface area contributed by atoms with Crippen molar-refractivity contribution in [3.8, 4) is 5.75 Å². The molecule has 1 rings (SSSR count). The van der Waals surface area contributed by atoms with Gasteiger partial charge in [0.1, 0.15) is 5.75 Å². The van der Waals surface area contributed by atoms with Gasteiger partial charge in [-0.3, -0.25) is 0 Å². The Morgan fingerprint density at radius 1 is 1.27 bits per heavy atom. The van der Waals surface area contributed by atoms with Gasteiger partial charge >= 0.3 is 6.18 Å². The Morgan fingerprint density at radius 2 is 1.93 bits per heavy atom. The molecule has 1 nitrogen and oxygen atoms in total. The molecule has 0 aliphatic heterocycles. The molecule has 15 heavy (non-hydrogen) atoms. The second-order valence-electron chi connectivity index (χ2n) is 3.43. The van der Waals surface area contributed by atoms with Crippen molar-refractivity contribution in [3.63, 3.8) is 0 Å². The average Bonchev–Trinajstić information content (AvgIpc) is 2.14. The molecule has 0 spiro atoms. The highest BCUT2D eigenvalue weighted by Gasteiger charge is 2.28. The summed E-state index contributed by atoms with van der Waals surface area (Å²) in [5, 5.41) is 0. The number of hydrogen-bond donors (Lipinski definition) is 0. The van der Waals surface area contributed by atoms with Crippen molar-refractivity contribution in [3.05, 3.63) is 35.7 Å². The summed E-state index contributed by atoms with van der Waals surface area (Å²) in [4.78, 5) is 0. The van der Waals surface area contributed by atoms with Crippen molar-refractivity contribution in [2.45, 2.75) is 20.0 Å². The molecule has 1 aromatic rings. The number of rotatable bonds is 3. The number of benzene rings is 1. The third kappa shape index (κ3) is 4.23. The van der Waals surface area contributed by atoms with Crippen LogP contribution >= 0.6 is 0 Å². The normalized spacial score (nSPS) is 11.9. The highest BCUT2D eigenvalue weighted by atomic mass is 19.4. The first kappa shape index (κ1) is 11.9. The van der Waals surface area contributed by atoms with Gasteiger partial charge in [-0.25, -0.2) is 0 Å². The predicted octanol–water partition coefficient (Wildman–Crippen LogP) is 3.59. The lowest BCUT2D eigenvalue weighted by Gasteiger charge is -2.11. The highest BCUT2D eigenvalue weighted by molar-refractivity contribution is 5.35. The molecule has 0 saturated heterocycles. The monoisotopic (exact) mass is 217 g/mol. The first-order chi connectivity index (χ1) is 6.88. The predicted molar refractivity (Wildman–Crippen MR) is 51.7 cm³/mol. The molecule has 0 N–H and O–H groups in total. The third-order valence-corrected chi connectivity index (χ3v) is 1.81. The van der Waals surface area contributed by atoms with Crippen LogP contribution in [0.25, 0.3) is 0 Å². The first-order valence-electron chi connectivity index (χ1n) is 4.48. The van der Waals surface area contributed by atoms with Gasteiger partial charge < -0.3 is 4.74 Å². The summed E-state index contributed by atoms with van der Waals surface area (Å²) in [6.07, 6.45) is -4.29. The van der Waals surface area contributed by atoms with E-state index >= 15 is 0 Å². The molecule has 0 fully saturated rings. The molecule has 0 unspecified atom stereocenters. The fourth-order valence-electron chi connectivity index (χ4n) is 1.06. The van der Waals surface area contributed by atoms with Gasteiger partial charge in [0.2, 0.25) is 0 Å². The maximum atomic E-state index is 11.9. The molecule has 0 aromatic heterocycles. The van der Waals surface area contributed by atoms with Crippen LogP contribution < -0.4 is 4.74 Å². The molecule has 4 heteroatoms. The molecule has 0 saturated carbocycles. The zero-order valence-electron chi connectivity index (χ0n) is 8.56. The minimum Gasteiger partial charge on any atom is -0.484 e. The maximum Gasteiger partial charge on any atom is 0.422 e. The number of halogens is 3. The summed E-state index contributed by atoms with van der Waals surface area (Å²) in [6, 6.07) is 6.61. The molecule has 83 valence electrons. The maximum absolute atomic E-state index is 11.9. The summed E-state index contributed by atoms with van der Waals surface area (Å²) < 4.78 is 40.2. The van der Waals surface area contributed by atoms with Crippen molar-refractivity contribution in [1.29, 1.82) is 0 Å². The van der Waals surface area contributed by atoms with E-state index in [1.807, 2.05) is 19.9 Å². The molecule has 0 aliphatic carbocycles. The third-order valence-electron chi connectivity index (χ3n) is 1.81. The number of hydrogen-bond acceptors (Lipinski definition) is 1. The van der Waals surface area contributed by atoms with E-state index in [0.29, 0.717) is 0 Å². The van der Waals surface area contributed by atoms with Gasteiger partial charge in [-0.2, -0.15) is 13.2 Å². The van der Waals surface area contributed by atoms with Gasteiger partial charge in [0.15, 0.2) is 6.61 Å². The lowest BCUT2D eigenvalue weighted by Crippen LogP contribution is -2.19. The summed E-state index contributed by atoms with van der Waals surface area (Å²) >= 11 is 0. The van der Waals surface area contributed by atoms with Crippen LogP contribution in [0.2, 0.25) is 0 Å². The van der Waals surface area contributed by atoms with Crippen LogP contribution in [0.4, 0.5) is 13.2 Å². The fraction of sp³-hybridized carbons (Fsp3) is 0.364. The fourth-order valence-corrected chi connectivity index (χ4v) is 1.06. The Kier molecular flexibility index (Phi) is 3.61. The van der Waals surface area contributed by atoms with Gasteiger partial charge in [0, 0.05) is 0 Å². The second kappa shape index (κ2) is 4.55. The molecular formula is C11H12F3O. The van der Waals surface area contributed by atoms with Crippen molar-refractivity contribution in [1.82, 2.24) is 0 Å². The molecule has 0 atom stereocenters. The van der Waals surface area contributed by atoms with Crippen molar-refractivity contribution in [2.24, 2.45) is 0 Å². The largest absolute Gasteiger partial charge is 0.484 e. The zero-order valence-corrected chi connectivity index (χ0v) is 8.56. The molecule has 0 heterocycles. The van der Waals surface area contributed by atoms with E-state index < -0.39 is 12.8 Å². The SMILES string of the molecule is C[C](C)c1cccc(OCC(F)(F)F)c1. The van der Waals surface area contributed by atoms with Crippen LogP contribution in [-0.2, 0) is 0 Å². The van der Waals surface area contributed by atoms with E-state index in [0.717, 1.165) is 11.5 Å². The molecule has 0 bridgehead atoms. The Hall–Kier alpha value is -1.19. The highest BCUT2D eigenvalue weighted by Crippen LogP contribution is 2.22. The van der Waals surface area contributed by atoms with Crippen LogP contribution in [0.15, 0.2) is 24.3 Å². The average molecular weight is 217 g/mol. The van der Waals surface area contributed by atoms with E-state index in [-0.39, 0.29) is 5.75 Å². The van der Waals surface area contributed by atoms with E-state index in [1.54, 1.807) is 12.1 Å². The van der Waals surface area contributed by atoms with Gasteiger partial charge in [-0.15, -0.1) is 0 Å². The second-order valence-corrected chi connectivity index (χ2v) is 3.43. The Bertz CT molecular complexity index is 318. The van der Waals surface area contributed by atoms with Gasteiger partial charge in [0.25, 0.3) is 0 Å². The number of alkyl halides is 3. The van der Waals surface area contributed by atoms with E-state index in [2.05, 4.69) is 4.74 Å². The summed E-state index contributed by atoms with van der Waals surface area (Å²) in [7, 11) is 0. The quantitative estimate of drug-likeness (QED) is 0.751. The van der Waals surface area contributed by atoms with Crippen molar-refractivity contribution >= 4 is 0 Å². The Balaban J connectivity index is 2.66. The minimum atomic E-state index is -4.29. The Morgan fingerprint density at radius 3 is 2.47 bits per heavy atom. The minimum absolute atomic E-state index is 0.242. The van der Waals surface area contributed by atoms with Crippen LogP contribution in [0.3, 0.4) is 0 Å². The van der Waals surface area contributed by atoms with E-state index in [1.165, 1.54) is 6.07 Å². The van der Waals surface area contributed by atoms with Gasteiger partial charge in [-0.05, 0) is 23.6 Å².